The quantitative estimate of drug-likeness (QED) is 0.231. The molecule has 1 aromatic carbocycles. The molecule has 0 bridgehead atoms. The van der Waals surface area contributed by atoms with Gasteiger partial charge in [-0.25, -0.2) is 17.8 Å². The van der Waals surface area contributed by atoms with Crippen molar-refractivity contribution in [3.63, 3.8) is 0 Å². The van der Waals surface area contributed by atoms with Crippen LogP contribution in [0.4, 0.5) is 10.1 Å². The minimum absolute atomic E-state index is 0. The van der Waals surface area contributed by atoms with Crippen molar-refractivity contribution in [2.75, 3.05) is 23.6 Å². The zero-order valence-corrected chi connectivity index (χ0v) is 21.4. The fraction of sp³-hybridized carbons (Fsp3) is 0.500. The largest absolute Gasteiger partial charge is 0.361 e. The van der Waals surface area contributed by atoms with E-state index in [-0.39, 0.29) is 42.0 Å². The molecule has 8 nitrogen and oxygen atoms in total. The number of nitrogens with one attached hydrogen (secondary N) is 3. The minimum Gasteiger partial charge on any atom is -0.361 e. The summed E-state index contributed by atoms with van der Waals surface area (Å²) in [6.07, 6.45) is 1.48. The lowest BCUT2D eigenvalue weighted by Crippen LogP contribution is -2.40. The number of anilines is 1. The van der Waals surface area contributed by atoms with E-state index in [0.29, 0.717) is 24.6 Å². The molecule has 0 aliphatic heterocycles. The summed E-state index contributed by atoms with van der Waals surface area (Å²) in [4.78, 5) is 4.53. The van der Waals surface area contributed by atoms with Gasteiger partial charge in [-0.2, -0.15) is 0 Å². The van der Waals surface area contributed by atoms with Crippen LogP contribution in [0, 0.1) is 12.7 Å². The number of aromatic nitrogens is 1. The van der Waals surface area contributed by atoms with Crippen molar-refractivity contribution < 1.29 is 17.3 Å². The van der Waals surface area contributed by atoms with Crippen LogP contribution < -0.4 is 15.4 Å². The van der Waals surface area contributed by atoms with Crippen LogP contribution in [0.25, 0.3) is 0 Å². The molecule has 3 N–H and O–H groups in total. The van der Waals surface area contributed by atoms with E-state index in [9.17, 15) is 12.8 Å². The SMILES string of the molecule is CCNC(=NCc1c(CC)noc1CC)NCCS(=O)(=O)Nc1ccc(C)c(F)c1.I. The number of rotatable bonds is 10. The average Bonchev–Trinajstić information content (AvgIpc) is 3.10. The van der Waals surface area contributed by atoms with Crippen molar-refractivity contribution in [1.29, 1.82) is 0 Å². The fourth-order valence-electron chi connectivity index (χ4n) is 2.81. The molecule has 2 rings (SSSR count). The van der Waals surface area contributed by atoms with Crippen LogP contribution in [0.5, 0.6) is 0 Å². The molecule has 1 aromatic heterocycles. The Morgan fingerprint density at radius 2 is 1.94 bits per heavy atom. The van der Waals surface area contributed by atoms with E-state index in [4.69, 9.17) is 4.52 Å². The summed E-state index contributed by atoms with van der Waals surface area (Å²) in [6.45, 7) is 8.70. The molecule has 0 amide bonds. The van der Waals surface area contributed by atoms with Gasteiger partial charge >= 0.3 is 0 Å². The van der Waals surface area contributed by atoms with Crippen LogP contribution >= 0.6 is 24.0 Å². The van der Waals surface area contributed by atoms with Crippen LogP contribution in [-0.4, -0.2) is 38.4 Å². The molecule has 2 aromatic rings. The second-order valence-corrected chi connectivity index (χ2v) is 8.59. The normalized spacial score (nSPS) is 11.7. The van der Waals surface area contributed by atoms with Gasteiger partial charge in [0.05, 0.1) is 23.7 Å². The van der Waals surface area contributed by atoms with Crippen molar-refractivity contribution >= 4 is 45.6 Å². The topological polar surface area (TPSA) is 109 Å². The summed E-state index contributed by atoms with van der Waals surface area (Å²) in [5.74, 6) is 0.658. The molecule has 0 saturated carbocycles. The number of aliphatic imine (C=N–C) groups is 1. The van der Waals surface area contributed by atoms with Gasteiger partial charge < -0.3 is 15.2 Å². The molecule has 31 heavy (non-hydrogen) atoms. The molecule has 0 aliphatic carbocycles. The van der Waals surface area contributed by atoms with E-state index in [2.05, 4.69) is 25.5 Å². The highest BCUT2D eigenvalue weighted by Gasteiger charge is 2.14. The van der Waals surface area contributed by atoms with Gasteiger partial charge in [-0.05, 0) is 38.0 Å². The molecule has 0 fully saturated rings. The maximum Gasteiger partial charge on any atom is 0.234 e. The number of aryl methyl sites for hydroxylation is 3. The highest BCUT2D eigenvalue weighted by atomic mass is 127. The third kappa shape index (κ3) is 8.28. The summed E-state index contributed by atoms with van der Waals surface area (Å²) in [6, 6.07) is 4.23. The lowest BCUT2D eigenvalue weighted by Gasteiger charge is -2.13. The summed E-state index contributed by atoms with van der Waals surface area (Å²) in [5, 5.41) is 10.2. The number of hydrogen-bond donors (Lipinski definition) is 3. The van der Waals surface area contributed by atoms with Gasteiger partial charge in [0.1, 0.15) is 11.6 Å². The second kappa shape index (κ2) is 12.8. The first-order valence-electron chi connectivity index (χ1n) is 10.0. The first kappa shape index (κ1) is 27.1. The standard InChI is InChI=1S/C20H30FN5O3S.HI/c1-5-18-16(19(6-2)29-25-18)13-24-20(22-7-3)23-10-11-30(27,28)26-15-9-8-14(4)17(21)12-15;/h8-9,12,26H,5-7,10-11,13H2,1-4H3,(H2,22,23,24);1H. The minimum atomic E-state index is -3.64. The number of benzene rings is 1. The van der Waals surface area contributed by atoms with E-state index >= 15 is 0 Å². The van der Waals surface area contributed by atoms with Crippen molar-refractivity contribution in [3.05, 3.63) is 46.6 Å². The first-order chi connectivity index (χ1) is 14.3. The van der Waals surface area contributed by atoms with Crippen LogP contribution in [0.1, 0.15) is 43.4 Å². The Morgan fingerprint density at radius 1 is 1.19 bits per heavy atom. The Labute approximate surface area is 200 Å². The lowest BCUT2D eigenvalue weighted by atomic mass is 10.1. The summed E-state index contributed by atoms with van der Waals surface area (Å²) >= 11 is 0. The summed E-state index contributed by atoms with van der Waals surface area (Å²) in [7, 11) is -3.64. The molecule has 0 atom stereocenters. The number of hydrogen-bond acceptors (Lipinski definition) is 5. The fourth-order valence-corrected chi connectivity index (χ4v) is 3.77. The Hall–Kier alpha value is -1.89. The van der Waals surface area contributed by atoms with Gasteiger partial charge in [0.25, 0.3) is 0 Å². The Balaban J connectivity index is 0.00000480. The predicted octanol–water partition coefficient (Wildman–Crippen LogP) is 3.36. The highest BCUT2D eigenvalue weighted by molar-refractivity contribution is 14.0. The number of nitrogens with zero attached hydrogens (tertiary/aromatic N) is 2. The predicted molar refractivity (Wildman–Crippen MR) is 132 cm³/mol. The van der Waals surface area contributed by atoms with Gasteiger partial charge in [0, 0.05) is 25.1 Å². The molecular weight excluding hydrogens is 536 g/mol. The monoisotopic (exact) mass is 567 g/mol. The zero-order valence-electron chi connectivity index (χ0n) is 18.3. The molecule has 174 valence electrons. The maximum atomic E-state index is 13.6. The zero-order chi connectivity index (χ0) is 22.1. The van der Waals surface area contributed by atoms with E-state index in [1.807, 2.05) is 20.8 Å². The third-order valence-corrected chi connectivity index (χ3v) is 5.74. The van der Waals surface area contributed by atoms with Crippen LogP contribution in [0.3, 0.4) is 0 Å². The molecule has 0 spiro atoms. The third-order valence-electron chi connectivity index (χ3n) is 4.45. The summed E-state index contributed by atoms with van der Waals surface area (Å²) < 4.78 is 45.9. The molecule has 0 unspecified atom stereocenters. The molecule has 0 aliphatic rings. The van der Waals surface area contributed by atoms with Gasteiger partial charge in [-0.3, -0.25) is 4.72 Å². The number of guanidine groups is 1. The van der Waals surface area contributed by atoms with Crippen LogP contribution in [-0.2, 0) is 29.4 Å². The molecule has 11 heteroatoms. The number of sulfonamides is 1. The molecule has 0 saturated heterocycles. The Kier molecular flexibility index (Phi) is 11.2. The van der Waals surface area contributed by atoms with Gasteiger partial charge in [-0.1, -0.05) is 25.1 Å². The van der Waals surface area contributed by atoms with Gasteiger partial charge in [-0.15, -0.1) is 24.0 Å². The lowest BCUT2D eigenvalue weighted by molar-refractivity contribution is 0.380. The van der Waals surface area contributed by atoms with Crippen molar-refractivity contribution in [1.82, 2.24) is 15.8 Å². The molecular formula is C20H31FIN5O3S. The highest BCUT2D eigenvalue weighted by Crippen LogP contribution is 2.17. The average molecular weight is 567 g/mol. The number of halogens is 2. The van der Waals surface area contributed by atoms with Crippen molar-refractivity contribution in [2.45, 2.75) is 47.1 Å². The van der Waals surface area contributed by atoms with E-state index in [0.717, 1.165) is 29.9 Å². The van der Waals surface area contributed by atoms with Crippen molar-refractivity contribution in [2.24, 2.45) is 4.99 Å². The van der Waals surface area contributed by atoms with E-state index in [1.165, 1.54) is 18.2 Å². The molecule has 1 heterocycles. The summed E-state index contributed by atoms with van der Waals surface area (Å²) in [5.41, 5.74) is 2.50. The Morgan fingerprint density at radius 3 is 2.55 bits per heavy atom. The van der Waals surface area contributed by atoms with E-state index in [1.54, 1.807) is 6.92 Å². The second-order valence-electron chi connectivity index (χ2n) is 6.74. The van der Waals surface area contributed by atoms with Crippen LogP contribution in [0.2, 0.25) is 0 Å². The van der Waals surface area contributed by atoms with Crippen LogP contribution in [0.15, 0.2) is 27.7 Å². The van der Waals surface area contributed by atoms with Crippen molar-refractivity contribution in [3.8, 4) is 0 Å². The smallest absolute Gasteiger partial charge is 0.234 e. The van der Waals surface area contributed by atoms with Gasteiger partial charge in [0.15, 0.2) is 5.96 Å². The van der Waals surface area contributed by atoms with E-state index < -0.39 is 15.8 Å². The Bertz CT molecular complexity index is 958. The van der Waals surface area contributed by atoms with Gasteiger partial charge in [0.2, 0.25) is 10.0 Å². The first-order valence-corrected chi connectivity index (χ1v) is 11.7. The maximum absolute atomic E-state index is 13.6. The molecule has 0 radical (unpaired) electrons.